The highest BCUT2D eigenvalue weighted by atomic mass is 16.5. The van der Waals surface area contributed by atoms with Crippen LogP contribution in [-0.2, 0) is 14.3 Å². The molecule has 0 amide bonds. The first kappa shape index (κ1) is 14.6. The predicted molar refractivity (Wildman–Crippen MR) is 61.6 cm³/mol. The Labute approximate surface area is 108 Å². The topological polar surface area (TPSA) is 115 Å². The van der Waals surface area contributed by atoms with Crippen LogP contribution in [0.3, 0.4) is 0 Å². The van der Waals surface area contributed by atoms with Crippen LogP contribution in [-0.4, -0.2) is 40.8 Å². The van der Waals surface area contributed by atoms with Crippen molar-refractivity contribution in [2.45, 2.75) is 20.8 Å². The Balaban J connectivity index is 3.24. The van der Waals surface area contributed by atoms with Crippen molar-refractivity contribution in [3.05, 3.63) is 22.5 Å². The molecule has 0 bridgehead atoms. The Kier molecular flexibility index (Phi) is 4.96. The lowest BCUT2D eigenvalue weighted by molar-refractivity contribution is -0.139. The second kappa shape index (κ2) is 6.46. The highest BCUT2D eigenvalue weighted by molar-refractivity contribution is 6.41. The standard InChI is InChI=1S/C11H13N3O5/c1-4-17-10(15)7-6(3)14-19-9(7)8(13-12)11(16)18-5-2/h4-5H2,1-3H3. The Morgan fingerprint density at radius 2 is 1.95 bits per heavy atom. The van der Waals surface area contributed by atoms with Crippen molar-refractivity contribution < 1.29 is 28.4 Å². The van der Waals surface area contributed by atoms with E-state index in [-0.39, 0.29) is 30.2 Å². The van der Waals surface area contributed by atoms with Crippen LogP contribution in [0.4, 0.5) is 0 Å². The number of esters is 2. The molecule has 8 heteroatoms. The summed E-state index contributed by atoms with van der Waals surface area (Å²) in [4.78, 5) is 26.1. The van der Waals surface area contributed by atoms with Crippen molar-refractivity contribution in [1.29, 1.82) is 0 Å². The summed E-state index contributed by atoms with van der Waals surface area (Å²) < 4.78 is 14.3. The van der Waals surface area contributed by atoms with Gasteiger partial charge in [0.05, 0.1) is 18.9 Å². The lowest BCUT2D eigenvalue weighted by atomic mass is 10.1. The highest BCUT2D eigenvalue weighted by Crippen LogP contribution is 2.16. The molecule has 0 saturated carbocycles. The van der Waals surface area contributed by atoms with Crippen LogP contribution in [0.2, 0.25) is 0 Å². The molecule has 1 aromatic rings. The fourth-order valence-electron chi connectivity index (χ4n) is 1.35. The Hall–Kier alpha value is -2.47. The maximum Gasteiger partial charge on any atom is 0.444 e. The van der Waals surface area contributed by atoms with Crippen LogP contribution in [0.5, 0.6) is 0 Å². The first-order valence-corrected chi connectivity index (χ1v) is 5.59. The van der Waals surface area contributed by atoms with Gasteiger partial charge in [-0.1, -0.05) is 5.16 Å². The minimum Gasteiger partial charge on any atom is -0.462 e. The largest absolute Gasteiger partial charge is 0.462 e. The van der Waals surface area contributed by atoms with Crippen molar-refractivity contribution in [3.8, 4) is 0 Å². The molecule has 1 rings (SSSR count). The summed E-state index contributed by atoms with van der Waals surface area (Å²) in [6.07, 6.45) is 0. The van der Waals surface area contributed by atoms with Gasteiger partial charge in [-0.05, 0) is 20.8 Å². The van der Waals surface area contributed by atoms with Crippen LogP contribution < -0.4 is 0 Å². The zero-order chi connectivity index (χ0) is 14.4. The third-order valence-corrected chi connectivity index (χ3v) is 2.13. The summed E-state index contributed by atoms with van der Waals surface area (Å²) in [6, 6.07) is 0. The molecule has 0 unspecified atom stereocenters. The van der Waals surface area contributed by atoms with Crippen LogP contribution >= 0.6 is 0 Å². The fraction of sp³-hybridized carbons (Fsp3) is 0.455. The van der Waals surface area contributed by atoms with E-state index in [0.717, 1.165) is 0 Å². The minimum atomic E-state index is -0.924. The molecule has 1 aromatic heterocycles. The normalized spacial score (nSPS) is 9.63. The molecular weight excluding hydrogens is 254 g/mol. The maximum atomic E-state index is 11.7. The van der Waals surface area contributed by atoms with Gasteiger partial charge in [0.25, 0.3) is 5.76 Å². The lowest BCUT2D eigenvalue weighted by Gasteiger charge is -2.00. The Morgan fingerprint density at radius 1 is 1.32 bits per heavy atom. The fourth-order valence-corrected chi connectivity index (χ4v) is 1.35. The maximum absolute atomic E-state index is 11.7. The first-order chi connectivity index (χ1) is 9.06. The van der Waals surface area contributed by atoms with Gasteiger partial charge in [-0.25, -0.2) is 9.59 Å². The molecule has 0 aromatic carbocycles. The number of nitrogens with zero attached hydrogens (tertiary/aromatic N) is 3. The van der Waals surface area contributed by atoms with E-state index in [0.29, 0.717) is 0 Å². The van der Waals surface area contributed by atoms with Gasteiger partial charge in [-0.15, -0.1) is 0 Å². The van der Waals surface area contributed by atoms with Gasteiger partial charge < -0.3 is 19.5 Å². The van der Waals surface area contributed by atoms with E-state index in [1.54, 1.807) is 13.8 Å². The molecule has 0 aliphatic carbocycles. The summed E-state index contributed by atoms with van der Waals surface area (Å²) >= 11 is 0. The van der Waals surface area contributed by atoms with Gasteiger partial charge >= 0.3 is 17.7 Å². The average molecular weight is 267 g/mol. The predicted octanol–water partition coefficient (Wildman–Crippen LogP) is 0.742. The zero-order valence-corrected chi connectivity index (χ0v) is 10.8. The van der Waals surface area contributed by atoms with E-state index in [4.69, 9.17) is 14.8 Å². The minimum absolute atomic E-state index is 0.0669. The van der Waals surface area contributed by atoms with Crippen molar-refractivity contribution in [3.63, 3.8) is 0 Å². The van der Waals surface area contributed by atoms with Gasteiger partial charge in [0.15, 0.2) is 0 Å². The zero-order valence-electron chi connectivity index (χ0n) is 10.8. The molecule has 0 saturated heterocycles. The molecule has 0 aliphatic rings. The lowest BCUT2D eigenvalue weighted by Crippen LogP contribution is -2.22. The SMILES string of the molecule is CCOC(=O)C(=[N+]=[N-])c1onc(C)c1C(=O)OCC. The molecule has 19 heavy (non-hydrogen) atoms. The third-order valence-electron chi connectivity index (χ3n) is 2.13. The number of ether oxygens (including phenoxy) is 2. The van der Waals surface area contributed by atoms with Gasteiger partial charge in [-0.3, -0.25) is 0 Å². The van der Waals surface area contributed by atoms with E-state index < -0.39 is 17.7 Å². The average Bonchev–Trinajstić information content (AvgIpc) is 2.73. The van der Waals surface area contributed by atoms with Crippen LogP contribution in [0, 0.1) is 6.92 Å². The van der Waals surface area contributed by atoms with Gasteiger partial charge in [-0.2, -0.15) is 4.79 Å². The van der Waals surface area contributed by atoms with Crippen molar-refractivity contribution in [2.75, 3.05) is 13.2 Å². The van der Waals surface area contributed by atoms with E-state index in [9.17, 15) is 9.59 Å². The van der Waals surface area contributed by atoms with Gasteiger partial charge in [0.1, 0.15) is 5.56 Å². The molecule has 8 nitrogen and oxygen atoms in total. The second-order valence-electron chi connectivity index (χ2n) is 3.36. The smallest absolute Gasteiger partial charge is 0.444 e. The van der Waals surface area contributed by atoms with E-state index in [1.165, 1.54) is 6.92 Å². The van der Waals surface area contributed by atoms with Crippen molar-refractivity contribution in [2.24, 2.45) is 0 Å². The number of hydrogen-bond donors (Lipinski definition) is 0. The molecule has 0 atom stereocenters. The quantitative estimate of drug-likeness (QED) is 0.336. The van der Waals surface area contributed by atoms with E-state index in [1.807, 2.05) is 0 Å². The van der Waals surface area contributed by atoms with Crippen LogP contribution in [0.1, 0.15) is 35.7 Å². The molecular formula is C11H13N3O5. The monoisotopic (exact) mass is 267 g/mol. The van der Waals surface area contributed by atoms with Gasteiger partial charge in [0, 0.05) is 0 Å². The van der Waals surface area contributed by atoms with Crippen molar-refractivity contribution >= 4 is 17.7 Å². The summed E-state index contributed by atoms with van der Waals surface area (Å²) in [6.45, 7) is 4.95. The highest BCUT2D eigenvalue weighted by Gasteiger charge is 2.36. The Morgan fingerprint density at radius 3 is 2.47 bits per heavy atom. The number of hydrogen-bond acceptors (Lipinski definition) is 6. The van der Waals surface area contributed by atoms with E-state index >= 15 is 0 Å². The van der Waals surface area contributed by atoms with Gasteiger partial charge in [0.2, 0.25) is 0 Å². The Bertz CT molecular complexity index is 543. The number of rotatable bonds is 5. The van der Waals surface area contributed by atoms with Crippen LogP contribution in [0.25, 0.3) is 5.53 Å². The summed E-state index contributed by atoms with van der Waals surface area (Å²) in [5.74, 6) is -1.93. The summed E-state index contributed by atoms with van der Waals surface area (Å²) in [7, 11) is 0. The number of aryl methyl sites for hydroxylation is 1. The summed E-state index contributed by atoms with van der Waals surface area (Å²) in [5, 5.41) is 3.56. The number of carbonyl (C=O) groups is 2. The van der Waals surface area contributed by atoms with Crippen LogP contribution in [0.15, 0.2) is 4.52 Å². The third kappa shape index (κ3) is 3.05. The molecule has 1 heterocycles. The molecule has 0 N–H and O–H groups in total. The number of carbonyl (C=O) groups excluding carboxylic acids is 2. The molecule has 0 fully saturated rings. The molecule has 0 radical (unpaired) electrons. The number of aromatic nitrogens is 1. The van der Waals surface area contributed by atoms with E-state index in [2.05, 4.69) is 14.7 Å². The summed E-state index contributed by atoms with van der Waals surface area (Å²) in [5.41, 5.74) is 8.49. The van der Waals surface area contributed by atoms with Crippen molar-refractivity contribution in [1.82, 2.24) is 5.16 Å². The molecule has 0 aliphatic heterocycles. The second-order valence-corrected chi connectivity index (χ2v) is 3.36. The molecule has 0 spiro atoms. The first-order valence-electron chi connectivity index (χ1n) is 5.59. The molecule has 102 valence electrons.